The second-order valence-electron chi connectivity index (χ2n) is 6.31. The fraction of sp³-hybridized carbons (Fsp3) is 0.100. The summed E-state index contributed by atoms with van der Waals surface area (Å²) in [6.07, 6.45) is 0. The lowest BCUT2D eigenvalue weighted by atomic mass is 10.1. The number of nitrogens with zero attached hydrogens (tertiary/aromatic N) is 4. The Labute approximate surface area is 165 Å². The summed E-state index contributed by atoms with van der Waals surface area (Å²) in [6, 6.07) is 14.4. The van der Waals surface area contributed by atoms with Crippen LogP contribution in [0.4, 0.5) is 10.8 Å². The van der Waals surface area contributed by atoms with Gasteiger partial charge in [-0.2, -0.15) is 15.2 Å². The lowest BCUT2D eigenvalue weighted by molar-refractivity contribution is -0.112. The predicted molar refractivity (Wildman–Crippen MR) is 112 cm³/mol. The van der Waals surface area contributed by atoms with Crippen LogP contribution in [0.3, 0.4) is 0 Å². The fourth-order valence-corrected chi connectivity index (χ4v) is 3.49. The standard InChI is InChI=1S/C20H17N5O2S/c1-12-4-3-5-14(10-12)17-11-28-20(21-17)25-19(27)18(13(2)24-25)23-22-15-6-8-16(26)9-7-15/h3-11,22,26H,1-2H3. The number of benzene rings is 2. The minimum Gasteiger partial charge on any atom is -0.508 e. The van der Waals surface area contributed by atoms with Crippen molar-refractivity contribution in [3.05, 3.63) is 59.5 Å². The highest BCUT2D eigenvalue weighted by atomic mass is 32.1. The molecule has 1 aliphatic rings. The highest BCUT2D eigenvalue weighted by Crippen LogP contribution is 2.29. The summed E-state index contributed by atoms with van der Waals surface area (Å²) in [4.78, 5) is 17.3. The number of carbonyl (C=O) groups is 1. The van der Waals surface area contributed by atoms with Gasteiger partial charge in [0.15, 0.2) is 5.71 Å². The van der Waals surface area contributed by atoms with Crippen LogP contribution < -0.4 is 10.4 Å². The van der Waals surface area contributed by atoms with Crippen LogP contribution in [0.25, 0.3) is 11.3 Å². The van der Waals surface area contributed by atoms with Crippen LogP contribution in [0.5, 0.6) is 5.75 Å². The molecule has 4 rings (SSSR count). The zero-order valence-electron chi connectivity index (χ0n) is 15.2. The number of carbonyl (C=O) groups excluding carboxylic acids is 1. The van der Waals surface area contributed by atoms with Crippen molar-refractivity contribution in [3.8, 4) is 17.0 Å². The van der Waals surface area contributed by atoms with Crippen LogP contribution in [-0.4, -0.2) is 27.4 Å². The molecule has 2 aromatic carbocycles. The van der Waals surface area contributed by atoms with Crippen LogP contribution >= 0.6 is 11.3 Å². The van der Waals surface area contributed by atoms with E-state index in [2.05, 4.69) is 20.6 Å². The molecule has 7 nitrogen and oxygen atoms in total. The third-order valence-electron chi connectivity index (χ3n) is 4.14. The second kappa shape index (κ2) is 7.24. The third kappa shape index (κ3) is 3.49. The molecule has 1 aromatic heterocycles. The SMILES string of the molecule is CC1=NN(c2nc(-c3cccc(C)c3)cs2)C(=O)C1=NNc1ccc(O)cc1. The van der Waals surface area contributed by atoms with E-state index in [9.17, 15) is 9.90 Å². The summed E-state index contributed by atoms with van der Waals surface area (Å²) >= 11 is 1.36. The van der Waals surface area contributed by atoms with Gasteiger partial charge in [0.2, 0.25) is 5.13 Å². The number of hydrazone groups is 2. The Morgan fingerprint density at radius 1 is 1.14 bits per heavy atom. The van der Waals surface area contributed by atoms with Gasteiger partial charge in [-0.1, -0.05) is 23.8 Å². The van der Waals surface area contributed by atoms with Crippen molar-refractivity contribution in [2.24, 2.45) is 10.2 Å². The molecule has 8 heteroatoms. The van der Waals surface area contributed by atoms with E-state index in [4.69, 9.17) is 0 Å². The highest BCUT2D eigenvalue weighted by Gasteiger charge is 2.32. The van der Waals surface area contributed by atoms with Crippen molar-refractivity contribution < 1.29 is 9.90 Å². The van der Waals surface area contributed by atoms with Crippen LogP contribution in [0.15, 0.2) is 64.1 Å². The second-order valence-corrected chi connectivity index (χ2v) is 7.14. The monoisotopic (exact) mass is 391 g/mol. The van der Waals surface area contributed by atoms with Gasteiger partial charge in [0.1, 0.15) is 5.75 Å². The number of thiazole rings is 1. The van der Waals surface area contributed by atoms with E-state index in [1.807, 2.05) is 36.6 Å². The van der Waals surface area contributed by atoms with Gasteiger partial charge in [-0.3, -0.25) is 10.2 Å². The number of aryl methyl sites for hydroxylation is 1. The Morgan fingerprint density at radius 3 is 2.68 bits per heavy atom. The Balaban J connectivity index is 1.55. The van der Waals surface area contributed by atoms with Crippen LogP contribution in [-0.2, 0) is 4.79 Å². The summed E-state index contributed by atoms with van der Waals surface area (Å²) in [5.74, 6) is -0.179. The average Bonchev–Trinajstić information content (AvgIpc) is 3.27. The summed E-state index contributed by atoms with van der Waals surface area (Å²) in [5.41, 5.74) is 7.14. The van der Waals surface area contributed by atoms with Crippen molar-refractivity contribution >= 4 is 39.5 Å². The quantitative estimate of drug-likeness (QED) is 0.519. The summed E-state index contributed by atoms with van der Waals surface area (Å²) in [7, 11) is 0. The number of nitrogens with one attached hydrogen (secondary N) is 1. The Kier molecular flexibility index (Phi) is 4.62. The maximum absolute atomic E-state index is 12.8. The normalized spacial score (nSPS) is 15.2. The summed E-state index contributed by atoms with van der Waals surface area (Å²) in [6.45, 7) is 3.75. The number of anilines is 2. The van der Waals surface area contributed by atoms with E-state index >= 15 is 0 Å². The Bertz CT molecular complexity index is 1100. The van der Waals surface area contributed by atoms with Gasteiger partial charge in [-0.05, 0) is 44.2 Å². The number of aromatic nitrogens is 1. The average molecular weight is 391 g/mol. The van der Waals surface area contributed by atoms with Crippen molar-refractivity contribution in [2.45, 2.75) is 13.8 Å². The number of rotatable bonds is 4. The van der Waals surface area contributed by atoms with E-state index in [1.54, 1.807) is 19.1 Å². The first-order chi connectivity index (χ1) is 13.5. The minimum atomic E-state index is -0.339. The predicted octanol–water partition coefficient (Wildman–Crippen LogP) is 4.01. The molecular weight excluding hydrogens is 374 g/mol. The van der Waals surface area contributed by atoms with Crippen molar-refractivity contribution in [3.63, 3.8) is 0 Å². The molecule has 2 heterocycles. The number of aromatic hydroxyl groups is 1. The van der Waals surface area contributed by atoms with Gasteiger partial charge in [0.25, 0.3) is 0 Å². The number of phenols is 1. The Hall–Kier alpha value is -3.52. The van der Waals surface area contributed by atoms with Crippen LogP contribution in [0.2, 0.25) is 0 Å². The molecule has 0 saturated heterocycles. The lowest BCUT2D eigenvalue weighted by Crippen LogP contribution is -2.27. The molecule has 0 unspecified atom stereocenters. The smallest absolute Gasteiger partial charge is 0.303 e. The molecule has 0 saturated carbocycles. The van der Waals surface area contributed by atoms with Crippen molar-refractivity contribution in [1.82, 2.24) is 4.98 Å². The zero-order chi connectivity index (χ0) is 19.7. The molecule has 0 radical (unpaired) electrons. The topological polar surface area (TPSA) is 90.2 Å². The minimum absolute atomic E-state index is 0.159. The van der Waals surface area contributed by atoms with Gasteiger partial charge < -0.3 is 5.11 Å². The maximum Gasteiger partial charge on any atom is 0.303 e. The van der Waals surface area contributed by atoms with Crippen molar-refractivity contribution in [1.29, 1.82) is 0 Å². The van der Waals surface area contributed by atoms with Gasteiger partial charge in [0.05, 0.1) is 17.1 Å². The molecule has 2 N–H and O–H groups in total. The molecule has 0 bridgehead atoms. The van der Waals surface area contributed by atoms with E-state index in [-0.39, 0.29) is 17.4 Å². The van der Waals surface area contributed by atoms with Gasteiger partial charge in [-0.15, -0.1) is 11.3 Å². The van der Waals surface area contributed by atoms with E-state index in [1.165, 1.54) is 28.5 Å². The molecule has 3 aromatic rings. The van der Waals surface area contributed by atoms with E-state index < -0.39 is 0 Å². The first-order valence-electron chi connectivity index (χ1n) is 8.56. The number of hydrogen-bond donors (Lipinski definition) is 2. The zero-order valence-corrected chi connectivity index (χ0v) is 16.1. The van der Waals surface area contributed by atoms with Gasteiger partial charge in [0, 0.05) is 10.9 Å². The lowest BCUT2D eigenvalue weighted by Gasteiger charge is -2.06. The summed E-state index contributed by atoms with van der Waals surface area (Å²) in [5, 5.41) is 21.5. The van der Waals surface area contributed by atoms with E-state index in [0.29, 0.717) is 16.5 Å². The fourth-order valence-electron chi connectivity index (χ4n) is 2.71. The van der Waals surface area contributed by atoms with Crippen molar-refractivity contribution in [2.75, 3.05) is 10.4 Å². The third-order valence-corrected chi connectivity index (χ3v) is 4.96. The van der Waals surface area contributed by atoms with Crippen LogP contribution in [0, 0.1) is 6.92 Å². The highest BCUT2D eigenvalue weighted by molar-refractivity contribution is 7.14. The number of phenolic OH excluding ortho intramolecular Hbond substituents is 1. The first-order valence-corrected chi connectivity index (χ1v) is 9.44. The Morgan fingerprint density at radius 2 is 1.93 bits per heavy atom. The molecule has 1 amide bonds. The molecule has 0 fully saturated rings. The molecule has 0 spiro atoms. The van der Waals surface area contributed by atoms with Gasteiger partial charge >= 0.3 is 5.91 Å². The molecule has 140 valence electrons. The number of hydrogen-bond acceptors (Lipinski definition) is 7. The first kappa shape index (κ1) is 17.9. The largest absolute Gasteiger partial charge is 0.508 e. The molecule has 0 aliphatic carbocycles. The van der Waals surface area contributed by atoms with Crippen LogP contribution in [0.1, 0.15) is 12.5 Å². The summed E-state index contributed by atoms with van der Waals surface area (Å²) < 4.78 is 0. The molecule has 0 atom stereocenters. The molecule has 28 heavy (non-hydrogen) atoms. The molecule has 1 aliphatic heterocycles. The maximum atomic E-state index is 12.8. The number of amides is 1. The van der Waals surface area contributed by atoms with E-state index in [0.717, 1.165) is 16.8 Å². The molecular formula is C20H17N5O2S. The van der Waals surface area contributed by atoms with Gasteiger partial charge in [-0.25, -0.2) is 4.98 Å².